The predicted octanol–water partition coefficient (Wildman–Crippen LogP) is 3.26. The SMILES string of the molecule is CC(=O)Nc1cccc(NC(=O)c2sc(CN3CCCC3)nc2C)c1. The van der Waals surface area contributed by atoms with Gasteiger partial charge in [0.1, 0.15) is 9.88 Å². The van der Waals surface area contributed by atoms with Crippen molar-refractivity contribution in [2.45, 2.75) is 33.2 Å². The Hall–Kier alpha value is -2.25. The molecule has 0 saturated carbocycles. The number of anilines is 2. The lowest BCUT2D eigenvalue weighted by Crippen LogP contribution is -2.18. The molecule has 132 valence electrons. The van der Waals surface area contributed by atoms with Crippen LogP contribution in [-0.4, -0.2) is 34.8 Å². The largest absolute Gasteiger partial charge is 0.326 e. The topological polar surface area (TPSA) is 74.3 Å². The lowest BCUT2D eigenvalue weighted by molar-refractivity contribution is -0.114. The highest BCUT2D eigenvalue weighted by Crippen LogP contribution is 2.23. The van der Waals surface area contributed by atoms with Crippen LogP contribution in [0.4, 0.5) is 11.4 Å². The van der Waals surface area contributed by atoms with E-state index in [0.717, 1.165) is 30.3 Å². The van der Waals surface area contributed by atoms with Crippen LogP contribution in [0.25, 0.3) is 0 Å². The first kappa shape index (κ1) is 17.6. The standard InChI is InChI=1S/C18H22N4O2S/c1-12-17(25-16(19-12)11-22-8-3-4-9-22)18(24)21-15-7-5-6-14(10-15)20-13(2)23/h5-7,10H,3-4,8-9,11H2,1-2H3,(H,20,23)(H,21,24). The Bertz CT molecular complexity index is 781. The van der Waals surface area contributed by atoms with E-state index in [4.69, 9.17) is 0 Å². The summed E-state index contributed by atoms with van der Waals surface area (Å²) in [5, 5.41) is 6.58. The van der Waals surface area contributed by atoms with Crippen molar-refractivity contribution >= 4 is 34.5 Å². The summed E-state index contributed by atoms with van der Waals surface area (Å²) in [6, 6.07) is 7.11. The number of hydrogen-bond acceptors (Lipinski definition) is 5. The van der Waals surface area contributed by atoms with E-state index in [1.165, 1.54) is 31.1 Å². The van der Waals surface area contributed by atoms with E-state index in [1.807, 2.05) is 6.92 Å². The maximum Gasteiger partial charge on any atom is 0.267 e. The molecule has 0 radical (unpaired) electrons. The maximum absolute atomic E-state index is 12.6. The van der Waals surface area contributed by atoms with Gasteiger partial charge >= 0.3 is 0 Å². The molecule has 0 unspecified atom stereocenters. The summed E-state index contributed by atoms with van der Waals surface area (Å²) in [6.45, 7) is 6.35. The number of benzene rings is 1. The van der Waals surface area contributed by atoms with Crippen molar-refractivity contribution in [3.8, 4) is 0 Å². The summed E-state index contributed by atoms with van der Waals surface area (Å²) >= 11 is 1.45. The second kappa shape index (κ2) is 7.76. The summed E-state index contributed by atoms with van der Waals surface area (Å²) in [6.07, 6.45) is 2.48. The fourth-order valence-electron chi connectivity index (χ4n) is 2.93. The molecular formula is C18H22N4O2S. The lowest BCUT2D eigenvalue weighted by Gasteiger charge is -2.11. The van der Waals surface area contributed by atoms with Gasteiger partial charge in [-0.2, -0.15) is 0 Å². The lowest BCUT2D eigenvalue weighted by atomic mass is 10.2. The van der Waals surface area contributed by atoms with Crippen molar-refractivity contribution in [2.24, 2.45) is 0 Å². The van der Waals surface area contributed by atoms with Gasteiger partial charge in [-0.3, -0.25) is 14.5 Å². The van der Waals surface area contributed by atoms with Crippen LogP contribution in [0.15, 0.2) is 24.3 Å². The van der Waals surface area contributed by atoms with Gasteiger partial charge in [-0.05, 0) is 51.1 Å². The normalized spacial score (nSPS) is 14.5. The second-order valence-electron chi connectivity index (χ2n) is 6.22. The number of thiazole rings is 1. The molecule has 1 aromatic heterocycles. The molecule has 0 bridgehead atoms. The Morgan fingerprint density at radius 2 is 1.88 bits per heavy atom. The maximum atomic E-state index is 12.6. The second-order valence-corrected chi connectivity index (χ2v) is 7.31. The van der Waals surface area contributed by atoms with Crippen LogP contribution in [0.1, 0.15) is 40.1 Å². The Balaban J connectivity index is 1.68. The number of likely N-dealkylation sites (tertiary alicyclic amines) is 1. The van der Waals surface area contributed by atoms with Crippen LogP contribution in [0.2, 0.25) is 0 Å². The highest BCUT2D eigenvalue weighted by Gasteiger charge is 2.19. The van der Waals surface area contributed by atoms with Crippen LogP contribution in [-0.2, 0) is 11.3 Å². The zero-order chi connectivity index (χ0) is 17.8. The molecule has 2 amide bonds. The number of aromatic nitrogens is 1. The van der Waals surface area contributed by atoms with Crippen molar-refractivity contribution < 1.29 is 9.59 Å². The summed E-state index contributed by atoms with van der Waals surface area (Å²) in [7, 11) is 0. The zero-order valence-corrected chi connectivity index (χ0v) is 15.3. The molecule has 1 aromatic carbocycles. The molecule has 3 rings (SSSR count). The first-order valence-corrected chi connectivity index (χ1v) is 9.20. The van der Waals surface area contributed by atoms with E-state index in [-0.39, 0.29) is 11.8 Å². The number of carbonyl (C=O) groups excluding carboxylic acids is 2. The number of carbonyl (C=O) groups is 2. The number of hydrogen-bond donors (Lipinski definition) is 2. The van der Waals surface area contributed by atoms with E-state index < -0.39 is 0 Å². The predicted molar refractivity (Wildman–Crippen MR) is 100 cm³/mol. The van der Waals surface area contributed by atoms with Gasteiger partial charge in [0.2, 0.25) is 5.91 Å². The minimum atomic E-state index is -0.164. The number of nitrogens with zero attached hydrogens (tertiary/aromatic N) is 2. The fourth-order valence-corrected chi connectivity index (χ4v) is 3.93. The average molecular weight is 358 g/mol. The van der Waals surface area contributed by atoms with Gasteiger partial charge < -0.3 is 10.6 Å². The van der Waals surface area contributed by atoms with Gasteiger partial charge in [0.25, 0.3) is 5.91 Å². The van der Waals surface area contributed by atoms with Crippen LogP contribution in [0, 0.1) is 6.92 Å². The molecule has 0 spiro atoms. The van der Waals surface area contributed by atoms with E-state index in [0.29, 0.717) is 16.3 Å². The van der Waals surface area contributed by atoms with E-state index in [1.54, 1.807) is 24.3 Å². The van der Waals surface area contributed by atoms with Crippen molar-refractivity contribution in [3.05, 3.63) is 39.8 Å². The van der Waals surface area contributed by atoms with Gasteiger partial charge in [-0.25, -0.2) is 4.98 Å². The molecule has 0 atom stereocenters. The molecule has 1 aliphatic heterocycles. The van der Waals surface area contributed by atoms with Crippen molar-refractivity contribution in [1.29, 1.82) is 0 Å². The molecule has 7 heteroatoms. The Labute approximate surface area is 151 Å². The molecule has 6 nitrogen and oxygen atoms in total. The third-order valence-corrected chi connectivity index (χ3v) is 5.19. The monoisotopic (exact) mass is 358 g/mol. The van der Waals surface area contributed by atoms with Gasteiger partial charge in [-0.15, -0.1) is 11.3 Å². The average Bonchev–Trinajstić information content (AvgIpc) is 3.17. The molecule has 2 heterocycles. The van der Waals surface area contributed by atoms with E-state index in [9.17, 15) is 9.59 Å². The third kappa shape index (κ3) is 4.64. The third-order valence-electron chi connectivity index (χ3n) is 4.05. The molecule has 1 aliphatic rings. The molecule has 1 fully saturated rings. The summed E-state index contributed by atoms with van der Waals surface area (Å²) in [5.41, 5.74) is 2.06. The van der Waals surface area contributed by atoms with Crippen molar-refractivity contribution in [3.63, 3.8) is 0 Å². The quantitative estimate of drug-likeness (QED) is 0.860. The highest BCUT2D eigenvalue weighted by molar-refractivity contribution is 7.13. The molecule has 2 aromatic rings. The Morgan fingerprint density at radius 1 is 1.20 bits per heavy atom. The Kier molecular flexibility index (Phi) is 5.45. The number of amides is 2. The minimum absolute atomic E-state index is 0.145. The van der Waals surface area contributed by atoms with E-state index in [2.05, 4.69) is 20.5 Å². The summed E-state index contributed by atoms with van der Waals surface area (Å²) < 4.78 is 0. The first-order chi connectivity index (χ1) is 12.0. The summed E-state index contributed by atoms with van der Waals surface area (Å²) in [4.78, 5) is 31.3. The van der Waals surface area contributed by atoms with Crippen LogP contribution >= 0.6 is 11.3 Å². The van der Waals surface area contributed by atoms with Crippen LogP contribution in [0.5, 0.6) is 0 Å². The fraction of sp³-hybridized carbons (Fsp3) is 0.389. The van der Waals surface area contributed by atoms with Crippen LogP contribution < -0.4 is 10.6 Å². The Morgan fingerprint density at radius 3 is 2.56 bits per heavy atom. The van der Waals surface area contributed by atoms with Crippen molar-refractivity contribution in [1.82, 2.24) is 9.88 Å². The van der Waals surface area contributed by atoms with Gasteiger partial charge in [-0.1, -0.05) is 6.07 Å². The smallest absolute Gasteiger partial charge is 0.267 e. The molecule has 2 N–H and O–H groups in total. The van der Waals surface area contributed by atoms with Crippen LogP contribution in [0.3, 0.4) is 0 Å². The molecule has 1 saturated heterocycles. The van der Waals surface area contributed by atoms with E-state index >= 15 is 0 Å². The molecular weight excluding hydrogens is 336 g/mol. The zero-order valence-electron chi connectivity index (χ0n) is 14.5. The van der Waals surface area contributed by atoms with Crippen molar-refractivity contribution in [2.75, 3.05) is 23.7 Å². The molecule has 0 aliphatic carbocycles. The van der Waals surface area contributed by atoms with Gasteiger partial charge in [0, 0.05) is 18.3 Å². The molecule has 25 heavy (non-hydrogen) atoms. The number of nitrogens with one attached hydrogen (secondary N) is 2. The minimum Gasteiger partial charge on any atom is -0.326 e. The van der Waals surface area contributed by atoms with Gasteiger partial charge in [0.15, 0.2) is 0 Å². The number of rotatable bonds is 5. The highest BCUT2D eigenvalue weighted by atomic mass is 32.1. The summed E-state index contributed by atoms with van der Waals surface area (Å²) in [5.74, 6) is -0.309. The first-order valence-electron chi connectivity index (χ1n) is 8.39. The van der Waals surface area contributed by atoms with Gasteiger partial charge in [0.05, 0.1) is 12.2 Å². The number of aryl methyl sites for hydroxylation is 1.